The molecule has 2 aromatic rings. The van der Waals surface area contributed by atoms with Gasteiger partial charge in [-0.25, -0.2) is 4.98 Å². The first-order chi connectivity index (χ1) is 11.3. The molecule has 23 heavy (non-hydrogen) atoms. The Balaban J connectivity index is 1.48. The molecule has 0 saturated carbocycles. The van der Waals surface area contributed by atoms with Crippen LogP contribution in [0.1, 0.15) is 6.92 Å². The van der Waals surface area contributed by atoms with Gasteiger partial charge in [0.15, 0.2) is 0 Å². The lowest BCUT2D eigenvalue weighted by Crippen LogP contribution is -2.49. The number of benzene rings is 1. The first-order valence-electron chi connectivity index (χ1n) is 8.09. The average molecular weight is 313 g/mol. The third-order valence-electron chi connectivity index (χ3n) is 4.11. The molecule has 122 valence electrons. The first kappa shape index (κ1) is 15.6. The van der Waals surface area contributed by atoms with E-state index in [0.29, 0.717) is 6.54 Å². The molecule has 1 aliphatic rings. The third-order valence-corrected chi connectivity index (χ3v) is 4.11. The molecule has 1 aromatic heterocycles. The van der Waals surface area contributed by atoms with Gasteiger partial charge in [-0.15, -0.1) is 0 Å². The molecule has 0 atom stereocenters. The van der Waals surface area contributed by atoms with E-state index in [-0.39, 0.29) is 5.91 Å². The molecular weight excluding hydrogens is 290 g/mol. The van der Waals surface area contributed by atoms with Crippen molar-refractivity contribution < 1.29 is 4.79 Å². The minimum atomic E-state index is 0.0414. The molecule has 0 radical (unpaired) electrons. The number of nitrogens with one attached hydrogen (secondary N) is 1. The second-order valence-corrected chi connectivity index (χ2v) is 5.69. The summed E-state index contributed by atoms with van der Waals surface area (Å²) in [4.78, 5) is 21.0. The normalized spacial score (nSPS) is 15.6. The third kappa shape index (κ3) is 3.90. The molecule has 2 heterocycles. The number of imidazole rings is 1. The Morgan fingerprint density at radius 3 is 2.61 bits per heavy atom. The minimum Gasteiger partial charge on any atom is -0.340 e. The molecule has 0 aliphatic carbocycles. The van der Waals surface area contributed by atoms with Gasteiger partial charge in [0.2, 0.25) is 11.9 Å². The van der Waals surface area contributed by atoms with Crippen LogP contribution in [-0.2, 0) is 11.3 Å². The number of anilines is 2. The standard InChI is InChI=1S/C17H23N5O/c1-2-21-9-8-18-17(21)22-12-10-20(11-13-22)14-16(23)19-15-6-4-3-5-7-15/h3-9H,2,10-14H2,1H3,(H,19,23). The fourth-order valence-electron chi connectivity index (χ4n) is 2.86. The summed E-state index contributed by atoms with van der Waals surface area (Å²) in [6.45, 7) is 7.03. The monoisotopic (exact) mass is 313 g/mol. The second-order valence-electron chi connectivity index (χ2n) is 5.69. The van der Waals surface area contributed by atoms with Gasteiger partial charge in [0.1, 0.15) is 0 Å². The van der Waals surface area contributed by atoms with E-state index in [2.05, 4.69) is 31.6 Å². The number of para-hydroxylation sites is 1. The average Bonchev–Trinajstić information content (AvgIpc) is 3.05. The number of hydrogen-bond acceptors (Lipinski definition) is 4. The van der Waals surface area contributed by atoms with Crippen molar-refractivity contribution in [3.05, 3.63) is 42.7 Å². The van der Waals surface area contributed by atoms with Crippen LogP contribution in [0, 0.1) is 0 Å². The van der Waals surface area contributed by atoms with Crippen LogP contribution in [0.15, 0.2) is 42.7 Å². The van der Waals surface area contributed by atoms with Crippen LogP contribution in [0.25, 0.3) is 0 Å². The molecule has 1 aromatic carbocycles. The van der Waals surface area contributed by atoms with Crippen LogP contribution in [0.5, 0.6) is 0 Å². The van der Waals surface area contributed by atoms with Crippen molar-refractivity contribution in [2.45, 2.75) is 13.5 Å². The SMILES string of the molecule is CCn1ccnc1N1CCN(CC(=O)Nc2ccccc2)CC1. The van der Waals surface area contributed by atoms with E-state index in [1.807, 2.05) is 42.7 Å². The highest BCUT2D eigenvalue weighted by Crippen LogP contribution is 2.14. The number of carbonyl (C=O) groups is 1. The number of aromatic nitrogens is 2. The molecule has 1 aliphatic heterocycles. The van der Waals surface area contributed by atoms with Crippen LogP contribution in [0.3, 0.4) is 0 Å². The van der Waals surface area contributed by atoms with E-state index in [9.17, 15) is 4.79 Å². The number of nitrogens with zero attached hydrogens (tertiary/aromatic N) is 4. The predicted octanol–water partition coefficient (Wildman–Crippen LogP) is 1.66. The molecule has 3 rings (SSSR count). The van der Waals surface area contributed by atoms with Gasteiger partial charge in [0, 0.05) is 50.8 Å². The van der Waals surface area contributed by atoms with Crippen LogP contribution in [0.2, 0.25) is 0 Å². The van der Waals surface area contributed by atoms with E-state index < -0.39 is 0 Å². The molecule has 0 unspecified atom stereocenters. The first-order valence-corrected chi connectivity index (χ1v) is 8.09. The van der Waals surface area contributed by atoms with Gasteiger partial charge in [0.25, 0.3) is 0 Å². The maximum absolute atomic E-state index is 12.1. The fourth-order valence-corrected chi connectivity index (χ4v) is 2.86. The van der Waals surface area contributed by atoms with E-state index in [1.165, 1.54) is 0 Å². The summed E-state index contributed by atoms with van der Waals surface area (Å²) in [5.74, 6) is 1.07. The fraction of sp³-hybridized carbons (Fsp3) is 0.412. The molecule has 0 spiro atoms. The smallest absolute Gasteiger partial charge is 0.238 e. The van der Waals surface area contributed by atoms with Gasteiger partial charge >= 0.3 is 0 Å². The van der Waals surface area contributed by atoms with Crippen molar-refractivity contribution >= 4 is 17.5 Å². The van der Waals surface area contributed by atoms with E-state index in [4.69, 9.17) is 0 Å². The highest BCUT2D eigenvalue weighted by atomic mass is 16.2. The lowest BCUT2D eigenvalue weighted by molar-refractivity contribution is -0.117. The van der Waals surface area contributed by atoms with Crippen molar-refractivity contribution in [3.8, 4) is 0 Å². The quantitative estimate of drug-likeness (QED) is 0.912. The zero-order valence-electron chi connectivity index (χ0n) is 13.5. The Labute approximate surface area is 136 Å². The summed E-state index contributed by atoms with van der Waals surface area (Å²) < 4.78 is 2.15. The summed E-state index contributed by atoms with van der Waals surface area (Å²) in [6.07, 6.45) is 3.85. The largest absolute Gasteiger partial charge is 0.340 e. The molecule has 1 N–H and O–H groups in total. The van der Waals surface area contributed by atoms with Crippen LogP contribution in [0.4, 0.5) is 11.6 Å². The minimum absolute atomic E-state index is 0.0414. The summed E-state index contributed by atoms with van der Waals surface area (Å²) in [5.41, 5.74) is 0.848. The number of rotatable bonds is 5. The van der Waals surface area contributed by atoms with Crippen LogP contribution in [-0.4, -0.2) is 53.1 Å². The number of amides is 1. The Morgan fingerprint density at radius 2 is 1.91 bits per heavy atom. The van der Waals surface area contributed by atoms with Gasteiger partial charge in [-0.2, -0.15) is 0 Å². The van der Waals surface area contributed by atoms with Crippen molar-refractivity contribution in [2.75, 3.05) is 42.9 Å². The molecule has 0 bridgehead atoms. The highest BCUT2D eigenvalue weighted by Gasteiger charge is 2.21. The second kappa shape index (κ2) is 7.28. The van der Waals surface area contributed by atoms with Gasteiger partial charge in [-0.1, -0.05) is 18.2 Å². The van der Waals surface area contributed by atoms with Crippen molar-refractivity contribution in [1.82, 2.24) is 14.5 Å². The number of carbonyl (C=O) groups excluding carboxylic acids is 1. The Kier molecular flexibility index (Phi) is 4.92. The zero-order chi connectivity index (χ0) is 16.1. The molecule has 1 fully saturated rings. The van der Waals surface area contributed by atoms with Crippen molar-refractivity contribution in [3.63, 3.8) is 0 Å². The van der Waals surface area contributed by atoms with Gasteiger partial charge in [0.05, 0.1) is 6.54 Å². The molecule has 1 saturated heterocycles. The lowest BCUT2D eigenvalue weighted by atomic mass is 10.3. The predicted molar refractivity (Wildman–Crippen MR) is 91.6 cm³/mol. The highest BCUT2D eigenvalue weighted by molar-refractivity contribution is 5.92. The van der Waals surface area contributed by atoms with Gasteiger partial charge in [-0.05, 0) is 19.1 Å². The van der Waals surface area contributed by atoms with Gasteiger partial charge < -0.3 is 14.8 Å². The summed E-state index contributed by atoms with van der Waals surface area (Å²) in [7, 11) is 0. The Morgan fingerprint density at radius 1 is 1.17 bits per heavy atom. The Bertz CT molecular complexity index is 631. The number of aryl methyl sites for hydroxylation is 1. The maximum Gasteiger partial charge on any atom is 0.238 e. The van der Waals surface area contributed by atoms with E-state index >= 15 is 0 Å². The molecule has 1 amide bonds. The van der Waals surface area contributed by atoms with Crippen LogP contribution < -0.4 is 10.2 Å². The lowest BCUT2D eigenvalue weighted by Gasteiger charge is -2.35. The van der Waals surface area contributed by atoms with E-state index in [1.54, 1.807) is 0 Å². The topological polar surface area (TPSA) is 53.4 Å². The summed E-state index contributed by atoms with van der Waals surface area (Å²) >= 11 is 0. The maximum atomic E-state index is 12.1. The Hall–Kier alpha value is -2.34. The van der Waals surface area contributed by atoms with Gasteiger partial charge in [-0.3, -0.25) is 9.69 Å². The number of hydrogen-bond donors (Lipinski definition) is 1. The van der Waals surface area contributed by atoms with Crippen molar-refractivity contribution in [2.24, 2.45) is 0 Å². The zero-order valence-corrected chi connectivity index (χ0v) is 13.5. The summed E-state index contributed by atoms with van der Waals surface area (Å²) in [5, 5.41) is 2.94. The van der Waals surface area contributed by atoms with Crippen LogP contribution >= 0.6 is 0 Å². The molecular formula is C17H23N5O. The van der Waals surface area contributed by atoms with Crippen molar-refractivity contribution in [1.29, 1.82) is 0 Å². The molecule has 6 heteroatoms. The molecule has 6 nitrogen and oxygen atoms in total. The number of piperazine rings is 1. The van der Waals surface area contributed by atoms with E-state index in [0.717, 1.165) is 44.4 Å². The summed E-state index contributed by atoms with van der Waals surface area (Å²) in [6, 6.07) is 9.59.